The number of anilines is 3. The molecule has 0 bridgehead atoms. The molecule has 0 spiro atoms. The lowest BCUT2D eigenvalue weighted by Crippen LogP contribution is -2.46. The van der Waals surface area contributed by atoms with Gasteiger partial charge in [-0.05, 0) is 29.8 Å². The molecule has 0 radical (unpaired) electrons. The molecule has 2 N–H and O–H groups in total. The lowest BCUT2D eigenvalue weighted by molar-refractivity contribution is 0.250. The van der Waals surface area contributed by atoms with Crippen molar-refractivity contribution in [2.45, 2.75) is 6.54 Å². The van der Waals surface area contributed by atoms with Crippen LogP contribution in [0.2, 0.25) is 5.02 Å². The molecule has 1 fully saturated rings. The highest BCUT2D eigenvalue weighted by Crippen LogP contribution is 2.28. The molecule has 2 aliphatic rings. The summed E-state index contributed by atoms with van der Waals surface area (Å²) in [5.74, 6) is 0. The number of nitrogens with one attached hydrogen (secondary N) is 2. The van der Waals surface area contributed by atoms with Gasteiger partial charge in [0.2, 0.25) is 0 Å². The molecule has 24 heavy (non-hydrogen) atoms. The Morgan fingerprint density at radius 1 is 0.875 bits per heavy atom. The highest BCUT2D eigenvalue weighted by molar-refractivity contribution is 6.33. The van der Waals surface area contributed by atoms with E-state index in [2.05, 4.69) is 50.8 Å². The van der Waals surface area contributed by atoms with Crippen LogP contribution in [0.4, 0.5) is 17.1 Å². The summed E-state index contributed by atoms with van der Waals surface area (Å²) < 4.78 is 0. The van der Waals surface area contributed by atoms with E-state index in [9.17, 15) is 0 Å². The largest absolute Gasteiger partial charge is 0.382 e. The fraction of sp³-hybridized carbons (Fsp3) is 0.368. The molecule has 0 atom stereocenters. The second-order valence-electron chi connectivity index (χ2n) is 6.45. The molecule has 0 unspecified atom stereocenters. The molecule has 126 valence electrons. The first-order chi connectivity index (χ1) is 11.8. The van der Waals surface area contributed by atoms with Crippen molar-refractivity contribution in [3.63, 3.8) is 0 Å². The van der Waals surface area contributed by atoms with Gasteiger partial charge in [0, 0.05) is 45.8 Å². The summed E-state index contributed by atoms with van der Waals surface area (Å²) in [6.07, 6.45) is 0. The third-order valence-corrected chi connectivity index (χ3v) is 5.13. The van der Waals surface area contributed by atoms with Gasteiger partial charge < -0.3 is 15.5 Å². The van der Waals surface area contributed by atoms with Crippen LogP contribution in [0.1, 0.15) is 5.56 Å². The van der Waals surface area contributed by atoms with Crippen LogP contribution in [0.15, 0.2) is 42.5 Å². The summed E-state index contributed by atoms with van der Waals surface area (Å²) in [6.45, 7) is 7.17. The molecule has 2 aromatic rings. The molecule has 0 aromatic heterocycles. The van der Waals surface area contributed by atoms with E-state index in [0.717, 1.165) is 56.5 Å². The third-order valence-electron chi connectivity index (χ3n) is 4.81. The van der Waals surface area contributed by atoms with Crippen LogP contribution in [0.25, 0.3) is 0 Å². The minimum absolute atomic E-state index is 0.846. The summed E-state index contributed by atoms with van der Waals surface area (Å²) in [6, 6.07) is 14.8. The zero-order valence-corrected chi connectivity index (χ0v) is 14.5. The van der Waals surface area contributed by atoms with E-state index in [-0.39, 0.29) is 0 Å². The fourth-order valence-corrected chi connectivity index (χ4v) is 3.75. The number of fused-ring (bicyclic) bond motifs is 1. The van der Waals surface area contributed by atoms with Crippen molar-refractivity contribution >= 4 is 28.7 Å². The molecule has 1 saturated heterocycles. The monoisotopic (exact) mass is 342 g/mol. The molecule has 2 aliphatic heterocycles. The standard InChI is InChI=1S/C19H23ClN4/c20-16-3-1-2-4-19(16)24-11-9-23(10-12-24)14-15-5-6-17-18(13-15)22-8-7-21-17/h1-6,13,21-22H,7-12,14H2. The van der Waals surface area contributed by atoms with Gasteiger partial charge in [0.25, 0.3) is 0 Å². The summed E-state index contributed by atoms with van der Waals surface area (Å²) in [4.78, 5) is 4.91. The van der Waals surface area contributed by atoms with Gasteiger partial charge in [-0.15, -0.1) is 0 Å². The van der Waals surface area contributed by atoms with Crippen molar-refractivity contribution in [1.29, 1.82) is 0 Å². The fourth-order valence-electron chi connectivity index (χ4n) is 3.50. The van der Waals surface area contributed by atoms with E-state index >= 15 is 0 Å². The Morgan fingerprint density at radius 3 is 2.42 bits per heavy atom. The first kappa shape index (κ1) is 15.6. The van der Waals surface area contributed by atoms with Gasteiger partial charge in [-0.1, -0.05) is 29.8 Å². The Balaban J connectivity index is 1.37. The van der Waals surface area contributed by atoms with Crippen molar-refractivity contribution in [2.75, 3.05) is 54.8 Å². The van der Waals surface area contributed by atoms with Gasteiger partial charge >= 0.3 is 0 Å². The van der Waals surface area contributed by atoms with Gasteiger partial charge in [0.1, 0.15) is 0 Å². The van der Waals surface area contributed by atoms with E-state index < -0.39 is 0 Å². The first-order valence-corrected chi connectivity index (χ1v) is 9.00. The van der Waals surface area contributed by atoms with Crippen molar-refractivity contribution < 1.29 is 0 Å². The molecule has 4 nitrogen and oxygen atoms in total. The van der Waals surface area contributed by atoms with E-state index in [4.69, 9.17) is 11.6 Å². The number of para-hydroxylation sites is 1. The number of hydrogen-bond acceptors (Lipinski definition) is 4. The van der Waals surface area contributed by atoms with Crippen LogP contribution in [0.3, 0.4) is 0 Å². The van der Waals surface area contributed by atoms with Crippen molar-refractivity contribution in [2.24, 2.45) is 0 Å². The number of nitrogens with zero attached hydrogens (tertiary/aromatic N) is 2. The van der Waals surface area contributed by atoms with Crippen molar-refractivity contribution in [3.8, 4) is 0 Å². The average molecular weight is 343 g/mol. The average Bonchev–Trinajstić information content (AvgIpc) is 2.63. The van der Waals surface area contributed by atoms with Crippen LogP contribution in [-0.4, -0.2) is 44.2 Å². The van der Waals surface area contributed by atoms with E-state index in [0.29, 0.717) is 0 Å². The van der Waals surface area contributed by atoms with Gasteiger partial charge in [-0.2, -0.15) is 0 Å². The zero-order valence-electron chi connectivity index (χ0n) is 13.8. The molecule has 0 saturated carbocycles. The van der Waals surface area contributed by atoms with Gasteiger partial charge in [0.05, 0.1) is 22.1 Å². The summed E-state index contributed by atoms with van der Waals surface area (Å²) in [5.41, 5.74) is 4.97. The van der Waals surface area contributed by atoms with Crippen LogP contribution in [0, 0.1) is 0 Å². The van der Waals surface area contributed by atoms with Crippen molar-refractivity contribution in [1.82, 2.24) is 4.90 Å². The minimum Gasteiger partial charge on any atom is -0.382 e. The molecular formula is C19H23ClN4. The van der Waals surface area contributed by atoms with Crippen LogP contribution in [0.5, 0.6) is 0 Å². The predicted molar refractivity (Wildman–Crippen MR) is 102 cm³/mol. The minimum atomic E-state index is 0.846. The maximum atomic E-state index is 6.32. The number of piperazine rings is 1. The lowest BCUT2D eigenvalue weighted by Gasteiger charge is -2.36. The molecule has 5 heteroatoms. The zero-order chi connectivity index (χ0) is 16.4. The van der Waals surface area contributed by atoms with E-state index in [1.54, 1.807) is 0 Å². The summed E-state index contributed by atoms with van der Waals surface area (Å²) in [5, 5.41) is 7.75. The van der Waals surface area contributed by atoms with E-state index in [1.807, 2.05) is 12.1 Å². The van der Waals surface area contributed by atoms with Gasteiger partial charge in [-0.25, -0.2) is 0 Å². The second kappa shape index (κ2) is 6.91. The van der Waals surface area contributed by atoms with Crippen LogP contribution < -0.4 is 15.5 Å². The SMILES string of the molecule is Clc1ccccc1N1CCN(Cc2ccc3c(c2)NCCN3)CC1. The first-order valence-electron chi connectivity index (χ1n) is 8.62. The predicted octanol–water partition coefficient (Wildman–Crippen LogP) is 3.50. The Labute approximate surface area is 148 Å². The Bertz CT molecular complexity index is 710. The summed E-state index contributed by atoms with van der Waals surface area (Å²) >= 11 is 6.32. The van der Waals surface area contributed by atoms with Crippen LogP contribution in [-0.2, 0) is 6.54 Å². The normalized spacial score (nSPS) is 17.8. The molecule has 0 aliphatic carbocycles. The maximum absolute atomic E-state index is 6.32. The number of halogens is 1. The van der Waals surface area contributed by atoms with Crippen molar-refractivity contribution in [3.05, 3.63) is 53.1 Å². The topological polar surface area (TPSA) is 30.5 Å². The summed E-state index contributed by atoms with van der Waals surface area (Å²) in [7, 11) is 0. The Morgan fingerprint density at radius 2 is 1.62 bits per heavy atom. The Hall–Kier alpha value is -1.91. The molecule has 2 heterocycles. The van der Waals surface area contributed by atoms with E-state index in [1.165, 1.54) is 16.9 Å². The maximum Gasteiger partial charge on any atom is 0.0639 e. The Kier molecular flexibility index (Phi) is 4.50. The second-order valence-corrected chi connectivity index (χ2v) is 6.86. The highest BCUT2D eigenvalue weighted by Gasteiger charge is 2.19. The smallest absolute Gasteiger partial charge is 0.0639 e. The number of benzene rings is 2. The molecule has 2 aromatic carbocycles. The number of rotatable bonds is 3. The van der Waals surface area contributed by atoms with Crippen LogP contribution >= 0.6 is 11.6 Å². The molecule has 0 amide bonds. The third kappa shape index (κ3) is 3.30. The number of hydrogen-bond donors (Lipinski definition) is 2. The van der Waals surface area contributed by atoms with Gasteiger partial charge in [-0.3, -0.25) is 4.90 Å². The molecular weight excluding hydrogens is 320 g/mol. The quantitative estimate of drug-likeness (QED) is 0.893. The highest BCUT2D eigenvalue weighted by atomic mass is 35.5. The lowest BCUT2D eigenvalue weighted by atomic mass is 10.1. The molecule has 4 rings (SSSR count). The van der Waals surface area contributed by atoms with Gasteiger partial charge in [0.15, 0.2) is 0 Å².